The molecule has 10 N–H and O–H groups in total. The van der Waals surface area contributed by atoms with Crippen LogP contribution < -0.4 is 10.6 Å². The van der Waals surface area contributed by atoms with Gasteiger partial charge in [-0.2, -0.15) is 8.42 Å². The minimum absolute atomic E-state index is 0.0511. The molecule has 2 unspecified atom stereocenters. The van der Waals surface area contributed by atoms with Crippen LogP contribution in [0.2, 0.25) is 0 Å². The summed E-state index contributed by atoms with van der Waals surface area (Å²) in [5.74, 6) is -0.204. The summed E-state index contributed by atoms with van der Waals surface area (Å²) in [6, 6.07) is 8.22. The Balaban J connectivity index is 0. The molecule has 244 valence electrons. The Morgan fingerprint density at radius 1 is 0.643 bits per heavy atom. The van der Waals surface area contributed by atoms with Gasteiger partial charge in [0.2, 0.25) is 0 Å². The lowest BCUT2D eigenvalue weighted by Crippen LogP contribution is -2.38. The molecule has 0 radical (unpaired) electrons. The molecule has 2 atom stereocenters. The lowest BCUT2D eigenvalue weighted by atomic mass is 10.1. The number of ether oxygens (including phenoxy) is 1. The van der Waals surface area contributed by atoms with Crippen molar-refractivity contribution in [3.05, 3.63) is 47.5 Å². The molecule has 0 aromatic heterocycles. The lowest BCUT2D eigenvalue weighted by molar-refractivity contribution is 0.162. The van der Waals surface area contributed by atoms with E-state index in [4.69, 9.17) is 22.3 Å². The molecule has 2 aromatic carbocycles. The van der Waals surface area contributed by atoms with Crippen molar-refractivity contribution in [1.82, 2.24) is 10.6 Å². The van der Waals surface area contributed by atoms with Crippen LogP contribution in [0.1, 0.15) is 78.7 Å². The van der Waals surface area contributed by atoms with Crippen LogP contribution in [-0.2, 0) is 15.1 Å². The molecule has 14 heteroatoms. The van der Waals surface area contributed by atoms with E-state index < -0.39 is 22.6 Å². The topological polar surface area (TPSA) is 229 Å². The third-order valence-corrected chi connectivity index (χ3v) is 4.68. The number of benzene rings is 2. The van der Waals surface area contributed by atoms with Gasteiger partial charge in [0.05, 0.1) is 12.2 Å². The van der Waals surface area contributed by atoms with Crippen LogP contribution >= 0.6 is 0 Å². The molecule has 0 bridgehead atoms. The van der Waals surface area contributed by atoms with Crippen molar-refractivity contribution >= 4 is 10.4 Å². The summed E-state index contributed by atoms with van der Waals surface area (Å²) in [6.07, 6.45) is -1.51. The zero-order valence-corrected chi connectivity index (χ0v) is 26.5. The van der Waals surface area contributed by atoms with Gasteiger partial charge in [0.1, 0.15) is 23.0 Å². The van der Waals surface area contributed by atoms with E-state index in [0.717, 1.165) is 13.2 Å². The van der Waals surface area contributed by atoms with Gasteiger partial charge in [-0.25, -0.2) is 0 Å². The first-order valence-electron chi connectivity index (χ1n) is 13.2. The molecule has 0 aliphatic carbocycles. The molecule has 0 amide bonds. The summed E-state index contributed by atoms with van der Waals surface area (Å²) in [5.41, 5.74) is 0.822. The Hall–Kier alpha value is -2.69. The van der Waals surface area contributed by atoms with E-state index in [2.05, 4.69) is 10.6 Å². The van der Waals surface area contributed by atoms with Gasteiger partial charge >= 0.3 is 10.4 Å². The van der Waals surface area contributed by atoms with E-state index in [1.807, 2.05) is 55.4 Å². The van der Waals surface area contributed by atoms with Crippen molar-refractivity contribution in [1.29, 1.82) is 0 Å². The predicted molar refractivity (Wildman–Crippen MR) is 161 cm³/mol. The second-order valence-electron chi connectivity index (χ2n) is 11.1. The fourth-order valence-corrected chi connectivity index (χ4v) is 2.87. The van der Waals surface area contributed by atoms with Crippen LogP contribution in [0.5, 0.6) is 23.0 Å². The number of phenols is 4. The van der Waals surface area contributed by atoms with E-state index in [9.17, 15) is 30.6 Å². The molecule has 0 spiro atoms. The number of hydrogen-bond donors (Lipinski definition) is 10. The molecule has 13 nitrogen and oxygen atoms in total. The normalized spacial score (nSPS) is 12.9. The Labute approximate surface area is 249 Å². The summed E-state index contributed by atoms with van der Waals surface area (Å²) in [4.78, 5) is 0. The molecule has 2 rings (SSSR count). The minimum atomic E-state index is -4.67. The highest BCUT2D eigenvalue weighted by molar-refractivity contribution is 7.79. The summed E-state index contributed by atoms with van der Waals surface area (Å²) >= 11 is 0. The Morgan fingerprint density at radius 2 is 0.881 bits per heavy atom. The third kappa shape index (κ3) is 26.2. The Morgan fingerprint density at radius 3 is 1.05 bits per heavy atom. The highest BCUT2D eigenvalue weighted by Crippen LogP contribution is 2.26. The fourth-order valence-electron chi connectivity index (χ4n) is 2.87. The van der Waals surface area contributed by atoms with Gasteiger partial charge in [0.15, 0.2) is 0 Å². The van der Waals surface area contributed by atoms with Gasteiger partial charge in [0, 0.05) is 49.5 Å². The van der Waals surface area contributed by atoms with Gasteiger partial charge in [-0.05, 0) is 90.8 Å². The second-order valence-corrected chi connectivity index (χ2v) is 12.0. The van der Waals surface area contributed by atoms with Crippen LogP contribution in [0.3, 0.4) is 0 Å². The first-order chi connectivity index (χ1) is 19.0. The summed E-state index contributed by atoms with van der Waals surface area (Å²) in [5, 5.41) is 63.1. The minimum Gasteiger partial charge on any atom is -0.508 e. The van der Waals surface area contributed by atoms with Crippen LogP contribution in [0, 0.1) is 0 Å². The highest BCUT2D eigenvalue weighted by atomic mass is 32.3. The maximum Gasteiger partial charge on any atom is 0.394 e. The maximum absolute atomic E-state index is 9.85. The SMILES string of the molecule is CC(C)(C)NCC(O)c1cc(O)cc(O)c1.CC(C)(C)NCC(O)c1cc(O)cc(O)c1.CCOCC.O=S(=O)(O)O. The monoisotopic (exact) mass is 622 g/mol. The van der Waals surface area contributed by atoms with Gasteiger partial charge in [0.25, 0.3) is 0 Å². The summed E-state index contributed by atoms with van der Waals surface area (Å²) < 4.78 is 36.4. The molecule has 0 saturated carbocycles. The van der Waals surface area contributed by atoms with Crippen molar-refractivity contribution in [3.63, 3.8) is 0 Å². The average molecular weight is 623 g/mol. The maximum atomic E-state index is 9.85. The van der Waals surface area contributed by atoms with E-state index in [1.165, 1.54) is 36.4 Å². The van der Waals surface area contributed by atoms with E-state index in [-0.39, 0.29) is 34.1 Å². The molecule has 0 saturated heterocycles. The molecule has 0 aliphatic heterocycles. The van der Waals surface area contributed by atoms with Gasteiger partial charge in [-0.15, -0.1) is 0 Å². The highest BCUT2D eigenvalue weighted by Gasteiger charge is 2.15. The molecule has 2 aromatic rings. The van der Waals surface area contributed by atoms with Crippen LogP contribution in [-0.4, -0.2) is 85.5 Å². The van der Waals surface area contributed by atoms with Crippen LogP contribution in [0.25, 0.3) is 0 Å². The van der Waals surface area contributed by atoms with E-state index in [1.54, 1.807) is 0 Å². The summed E-state index contributed by atoms with van der Waals surface area (Å²) in [7, 11) is -4.67. The zero-order chi connectivity index (χ0) is 33.3. The van der Waals surface area contributed by atoms with E-state index in [0.29, 0.717) is 24.2 Å². The number of aliphatic hydroxyl groups excluding tert-OH is 2. The van der Waals surface area contributed by atoms with Crippen LogP contribution in [0.4, 0.5) is 0 Å². The predicted octanol–water partition coefficient (Wildman–Crippen LogP) is 3.43. The number of aromatic hydroxyl groups is 4. The molecule has 0 fully saturated rings. The first-order valence-corrected chi connectivity index (χ1v) is 14.6. The second kappa shape index (κ2) is 19.5. The molecule has 0 heterocycles. The first kappa shape index (κ1) is 41.4. The number of hydrogen-bond acceptors (Lipinski definition) is 11. The molecular formula is C28H50N2O11S. The number of β-amino-alcohol motifs (C(OH)–C–C–N with tert-alkyl or cyclic N) is 2. The lowest BCUT2D eigenvalue weighted by Gasteiger charge is -2.23. The van der Waals surface area contributed by atoms with Gasteiger partial charge in [-0.3, -0.25) is 9.11 Å². The largest absolute Gasteiger partial charge is 0.508 e. The van der Waals surface area contributed by atoms with Crippen molar-refractivity contribution in [2.24, 2.45) is 0 Å². The molecule has 42 heavy (non-hydrogen) atoms. The smallest absolute Gasteiger partial charge is 0.394 e. The van der Waals surface area contributed by atoms with Gasteiger partial charge < -0.3 is 46.0 Å². The number of aliphatic hydroxyl groups is 2. The average Bonchev–Trinajstić information content (AvgIpc) is 2.79. The quantitative estimate of drug-likeness (QED) is 0.190. The summed E-state index contributed by atoms with van der Waals surface area (Å²) in [6.45, 7) is 18.4. The zero-order valence-electron chi connectivity index (χ0n) is 25.7. The molecule has 0 aliphatic rings. The Bertz CT molecular complexity index is 1010. The van der Waals surface area contributed by atoms with Gasteiger partial charge in [-0.1, -0.05) is 0 Å². The van der Waals surface area contributed by atoms with E-state index >= 15 is 0 Å². The fraction of sp³-hybridized carbons (Fsp3) is 0.571. The van der Waals surface area contributed by atoms with Crippen LogP contribution in [0.15, 0.2) is 36.4 Å². The van der Waals surface area contributed by atoms with Crippen molar-refractivity contribution in [3.8, 4) is 23.0 Å². The number of nitrogens with one attached hydrogen (secondary N) is 2. The van der Waals surface area contributed by atoms with Crippen molar-refractivity contribution in [2.75, 3.05) is 26.3 Å². The molecular weight excluding hydrogens is 572 g/mol. The standard InChI is InChI=1S/2C12H19NO3.C4H10O.H2O4S/c2*1-12(2,3)13-7-11(16)8-4-9(14)6-10(15)5-8;1-3-5-4-2;1-5(2,3)4/h2*4-6,11,13-16H,7H2,1-3H3;3-4H2,1-2H3;(H2,1,2,3,4). The number of phenolic OH excluding ortho intramolecular Hbond substituents is 4. The van der Waals surface area contributed by atoms with Crippen molar-refractivity contribution < 1.29 is 52.9 Å². The van der Waals surface area contributed by atoms with Crippen molar-refractivity contribution in [2.45, 2.75) is 78.7 Å². The third-order valence-electron chi connectivity index (χ3n) is 4.68. The Kier molecular flexibility index (Phi) is 19.2. The number of rotatable bonds is 8.